The number of aromatic nitrogens is 1. The first-order chi connectivity index (χ1) is 6.49. The van der Waals surface area contributed by atoms with Crippen LogP contribution in [0.4, 0.5) is 4.39 Å². The van der Waals surface area contributed by atoms with Crippen LogP contribution in [0.1, 0.15) is 16.2 Å². The predicted octanol–water partition coefficient (Wildman–Crippen LogP) is 1.89. The molecule has 0 unspecified atom stereocenters. The Kier molecular flexibility index (Phi) is 2.90. The number of aromatic carboxylic acids is 1. The fraction of sp³-hybridized carbons (Fsp3) is 0.250. The molecule has 14 heavy (non-hydrogen) atoms. The molecule has 0 aliphatic rings. The van der Waals surface area contributed by atoms with Gasteiger partial charge in [-0.05, 0) is 6.92 Å². The molecule has 1 aromatic rings. The Balaban J connectivity index is 3.50. The summed E-state index contributed by atoms with van der Waals surface area (Å²) in [5.41, 5.74) is -0.480. The first kappa shape index (κ1) is 10.7. The Morgan fingerprint density at radius 2 is 2.21 bits per heavy atom. The van der Waals surface area contributed by atoms with Crippen LogP contribution in [0.15, 0.2) is 0 Å². The highest BCUT2D eigenvalue weighted by molar-refractivity contribution is 6.32. The summed E-state index contributed by atoms with van der Waals surface area (Å²) in [6.07, 6.45) is 0. The average molecular weight is 220 g/mol. The highest BCUT2D eigenvalue weighted by Gasteiger charge is 2.21. The van der Waals surface area contributed by atoms with Gasteiger partial charge in [0.25, 0.3) is 0 Å². The number of pyridine rings is 1. The molecule has 0 aliphatic carbocycles. The van der Waals surface area contributed by atoms with Crippen molar-refractivity contribution in [2.45, 2.75) is 6.92 Å². The maximum atomic E-state index is 13.3. The number of carboxylic acid groups (broad SMARTS) is 1. The number of halogens is 2. The van der Waals surface area contributed by atoms with Crippen LogP contribution in [0.5, 0.6) is 5.75 Å². The molecule has 0 saturated carbocycles. The fourth-order valence-electron chi connectivity index (χ4n) is 0.955. The minimum atomic E-state index is -1.46. The summed E-state index contributed by atoms with van der Waals surface area (Å²) >= 11 is 5.65. The zero-order valence-electron chi connectivity index (χ0n) is 7.47. The molecule has 1 rings (SSSR count). The second-order valence-electron chi connectivity index (χ2n) is 2.51. The Morgan fingerprint density at radius 3 is 2.64 bits per heavy atom. The number of carbonyl (C=O) groups is 1. The second-order valence-corrected chi connectivity index (χ2v) is 2.89. The van der Waals surface area contributed by atoms with Crippen molar-refractivity contribution in [2.75, 3.05) is 7.11 Å². The monoisotopic (exact) mass is 219 g/mol. The van der Waals surface area contributed by atoms with Gasteiger partial charge in [-0.25, -0.2) is 14.2 Å². The lowest BCUT2D eigenvalue weighted by atomic mass is 10.2. The number of aryl methyl sites for hydroxylation is 1. The van der Waals surface area contributed by atoms with Crippen molar-refractivity contribution in [1.29, 1.82) is 0 Å². The van der Waals surface area contributed by atoms with Gasteiger partial charge in [0.1, 0.15) is 5.02 Å². The third-order valence-corrected chi connectivity index (χ3v) is 2.06. The number of rotatable bonds is 2. The molecule has 0 atom stereocenters. The molecule has 0 radical (unpaired) electrons. The minimum Gasteiger partial charge on any atom is -0.492 e. The molecule has 0 fully saturated rings. The van der Waals surface area contributed by atoms with Crippen LogP contribution < -0.4 is 4.74 Å². The van der Waals surface area contributed by atoms with E-state index in [1.54, 1.807) is 0 Å². The highest BCUT2D eigenvalue weighted by Crippen LogP contribution is 2.30. The van der Waals surface area contributed by atoms with Gasteiger partial charge in [0, 0.05) is 0 Å². The first-order valence-electron chi connectivity index (χ1n) is 3.62. The van der Waals surface area contributed by atoms with Crippen molar-refractivity contribution in [3.63, 3.8) is 0 Å². The molecule has 0 aromatic carbocycles. The van der Waals surface area contributed by atoms with Crippen molar-refractivity contribution in [3.8, 4) is 5.75 Å². The average Bonchev–Trinajstić information content (AvgIpc) is 2.12. The molecule has 0 aliphatic heterocycles. The van der Waals surface area contributed by atoms with Crippen LogP contribution in [0, 0.1) is 12.7 Å². The van der Waals surface area contributed by atoms with Crippen LogP contribution in [-0.2, 0) is 0 Å². The van der Waals surface area contributed by atoms with E-state index < -0.39 is 17.5 Å². The second kappa shape index (κ2) is 3.79. The molecule has 1 heterocycles. The van der Waals surface area contributed by atoms with E-state index in [1.165, 1.54) is 14.0 Å². The van der Waals surface area contributed by atoms with Crippen LogP contribution in [0.3, 0.4) is 0 Å². The summed E-state index contributed by atoms with van der Waals surface area (Å²) in [4.78, 5) is 14.0. The molecule has 1 aromatic heterocycles. The zero-order valence-corrected chi connectivity index (χ0v) is 8.22. The molecule has 1 N–H and O–H groups in total. The lowest BCUT2D eigenvalue weighted by Crippen LogP contribution is -2.08. The van der Waals surface area contributed by atoms with E-state index in [0.717, 1.165) is 0 Å². The van der Waals surface area contributed by atoms with E-state index in [2.05, 4.69) is 9.72 Å². The quantitative estimate of drug-likeness (QED) is 0.825. The molecule has 76 valence electrons. The third-order valence-electron chi connectivity index (χ3n) is 1.61. The standard InChI is InChI=1S/C8H7ClFNO3/c1-3-4(9)7(14-2)5(10)6(11-3)8(12)13/h1-2H3,(H,12,13). The van der Waals surface area contributed by atoms with Crippen LogP contribution in [0.2, 0.25) is 5.02 Å². The van der Waals surface area contributed by atoms with E-state index in [1.807, 2.05) is 0 Å². The van der Waals surface area contributed by atoms with E-state index in [0.29, 0.717) is 0 Å². The molecular weight excluding hydrogens is 213 g/mol. The molecule has 0 saturated heterocycles. The Hall–Kier alpha value is -1.36. The number of hydrogen-bond donors (Lipinski definition) is 1. The summed E-state index contributed by atoms with van der Waals surface area (Å²) in [7, 11) is 1.20. The van der Waals surface area contributed by atoms with Gasteiger partial charge in [-0.2, -0.15) is 0 Å². The van der Waals surface area contributed by atoms with Crippen molar-refractivity contribution in [3.05, 3.63) is 22.2 Å². The number of hydrogen-bond acceptors (Lipinski definition) is 3. The molecular formula is C8H7ClFNO3. The van der Waals surface area contributed by atoms with Gasteiger partial charge in [-0.15, -0.1) is 0 Å². The molecule has 4 nitrogen and oxygen atoms in total. The van der Waals surface area contributed by atoms with Crippen molar-refractivity contribution >= 4 is 17.6 Å². The van der Waals surface area contributed by atoms with E-state index >= 15 is 0 Å². The summed E-state index contributed by atoms with van der Waals surface area (Å²) in [5, 5.41) is 8.58. The van der Waals surface area contributed by atoms with Crippen LogP contribution >= 0.6 is 11.6 Å². The number of carboxylic acids is 1. The van der Waals surface area contributed by atoms with Gasteiger partial charge >= 0.3 is 5.97 Å². The SMILES string of the molecule is COc1c(F)c(C(=O)O)nc(C)c1Cl. The number of methoxy groups -OCH3 is 1. The maximum absolute atomic E-state index is 13.3. The first-order valence-corrected chi connectivity index (χ1v) is 3.99. The molecule has 6 heteroatoms. The Morgan fingerprint density at radius 1 is 1.64 bits per heavy atom. The summed E-state index contributed by atoms with van der Waals surface area (Å²) in [5.74, 6) is -2.81. The van der Waals surface area contributed by atoms with Gasteiger partial charge in [0.15, 0.2) is 17.3 Å². The van der Waals surface area contributed by atoms with Crippen molar-refractivity contribution in [1.82, 2.24) is 4.98 Å². The zero-order chi connectivity index (χ0) is 10.9. The normalized spacial score (nSPS) is 10.0. The summed E-state index contributed by atoms with van der Waals surface area (Å²) in [6, 6.07) is 0. The number of ether oxygens (including phenoxy) is 1. The van der Waals surface area contributed by atoms with Crippen LogP contribution in [-0.4, -0.2) is 23.2 Å². The topological polar surface area (TPSA) is 59.4 Å². The number of nitrogens with zero attached hydrogens (tertiary/aromatic N) is 1. The lowest BCUT2D eigenvalue weighted by molar-refractivity contribution is 0.0683. The molecule has 0 amide bonds. The molecule has 0 spiro atoms. The third kappa shape index (κ3) is 1.63. The van der Waals surface area contributed by atoms with Gasteiger partial charge in [-0.3, -0.25) is 0 Å². The van der Waals surface area contributed by atoms with Gasteiger partial charge in [-0.1, -0.05) is 11.6 Å². The van der Waals surface area contributed by atoms with Crippen LogP contribution in [0.25, 0.3) is 0 Å². The lowest BCUT2D eigenvalue weighted by Gasteiger charge is -2.08. The van der Waals surface area contributed by atoms with Gasteiger partial charge < -0.3 is 9.84 Å². The highest BCUT2D eigenvalue weighted by atomic mass is 35.5. The smallest absolute Gasteiger partial charge is 0.357 e. The van der Waals surface area contributed by atoms with E-state index in [-0.39, 0.29) is 16.5 Å². The Bertz CT molecular complexity index is 395. The van der Waals surface area contributed by atoms with Gasteiger partial charge in [0.05, 0.1) is 12.8 Å². The van der Waals surface area contributed by atoms with Crippen molar-refractivity contribution in [2.24, 2.45) is 0 Å². The summed E-state index contributed by atoms with van der Waals surface area (Å²) < 4.78 is 17.9. The summed E-state index contributed by atoms with van der Waals surface area (Å²) in [6.45, 7) is 1.47. The largest absolute Gasteiger partial charge is 0.492 e. The van der Waals surface area contributed by atoms with Crippen molar-refractivity contribution < 1.29 is 19.0 Å². The molecule has 0 bridgehead atoms. The predicted molar refractivity (Wildman–Crippen MR) is 47.5 cm³/mol. The maximum Gasteiger partial charge on any atom is 0.357 e. The van der Waals surface area contributed by atoms with Gasteiger partial charge in [0.2, 0.25) is 0 Å². The van der Waals surface area contributed by atoms with E-state index in [9.17, 15) is 9.18 Å². The fourth-order valence-corrected chi connectivity index (χ4v) is 1.16. The van der Waals surface area contributed by atoms with E-state index in [4.69, 9.17) is 16.7 Å². The minimum absolute atomic E-state index is 0.0185. The Labute approximate surface area is 84.3 Å².